The van der Waals surface area contributed by atoms with Gasteiger partial charge in [-0.05, 0) is 36.4 Å². The lowest BCUT2D eigenvalue weighted by molar-refractivity contribution is 0.102. The molecule has 2 heterocycles. The summed E-state index contributed by atoms with van der Waals surface area (Å²) >= 11 is 1.38. The second kappa shape index (κ2) is 6.93. The molecule has 0 bridgehead atoms. The fraction of sp³-hybridized carbons (Fsp3) is 0.0500. The van der Waals surface area contributed by atoms with E-state index in [9.17, 15) is 4.79 Å². The van der Waals surface area contributed by atoms with Crippen molar-refractivity contribution in [1.29, 1.82) is 0 Å². The molecule has 0 aliphatic rings. The Morgan fingerprint density at radius 1 is 1.00 bits per heavy atom. The van der Waals surface area contributed by atoms with E-state index < -0.39 is 0 Å². The number of carbonyl (C=O) groups excluding carboxylic acids is 1. The zero-order chi connectivity index (χ0) is 17.9. The van der Waals surface area contributed by atoms with Gasteiger partial charge in [-0.15, -0.1) is 11.3 Å². The number of rotatable bonds is 4. The van der Waals surface area contributed by atoms with Crippen LogP contribution < -0.4 is 10.1 Å². The fourth-order valence-electron chi connectivity index (χ4n) is 2.58. The highest BCUT2D eigenvalue weighted by molar-refractivity contribution is 7.14. The Morgan fingerprint density at radius 2 is 1.81 bits per heavy atom. The lowest BCUT2D eigenvalue weighted by atomic mass is 10.2. The predicted molar refractivity (Wildman–Crippen MR) is 104 cm³/mol. The number of aromatic nitrogens is 2. The highest BCUT2D eigenvalue weighted by Crippen LogP contribution is 2.26. The van der Waals surface area contributed by atoms with E-state index in [1.807, 2.05) is 60.0 Å². The smallest absolute Gasteiger partial charge is 0.276 e. The van der Waals surface area contributed by atoms with Crippen LogP contribution in [0, 0.1) is 0 Å². The lowest BCUT2D eigenvalue weighted by Gasteiger charge is -2.03. The van der Waals surface area contributed by atoms with E-state index in [1.165, 1.54) is 11.3 Å². The molecule has 0 fully saturated rings. The zero-order valence-electron chi connectivity index (χ0n) is 14.0. The van der Waals surface area contributed by atoms with Crippen LogP contribution >= 0.6 is 11.3 Å². The van der Waals surface area contributed by atoms with Crippen LogP contribution in [0.15, 0.2) is 66.0 Å². The van der Waals surface area contributed by atoms with Gasteiger partial charge in [-0.25, -0.2) is 9.97 Å². The van der Waals surface area contributed by atoms with Gasteiger partial charge in [0, 0.05) is 16.3 Å². The fourth-order valence-corrected chi connectivity index (χ4v) is 3.29. The first-order valence-electron chi connectivity index (χ1n) is 8.00. The van der Waals surface area contributed by atoms with Gasteiger partial charge in [0.1, 0.15) is 11.4 Å². The average Bonchev–Trinajstić information content (AvgIpc) is 3.16. The van der Waals surface area contributed by atoms with E-state index >= 15 is 0 Å². The summed E-state index contributed by atoms with van der Waals surface area (Å²) in [6, 6.07) is 18.9. The van der Waals surface area contributed by atoms with E-state index in [2.05, 4.69) is 15.3 Å². The molecule has 2 aromatic carbocycles. The van der Waals surface area contributed by atoms with E-state index in [1.54, 1.807) is 13.2 Å². The largest absolute Gasteiger partial charge is 0.497 e. The van der Waals surface area contributed by atoms with Crippen LogP contribution in [0.3, 0.4) is 0 Å². The number of thiazole rings is 1. The summed E-state index contributed by atoms with van der Waals surface area (Å²) in [6.45, 7) is 0. The molecule has 0 aliphatic carbocycles. The minimum atomic E-state index is -0.272. The van der Waals surface area contributed by atoms with Crippen molar-refractivity contribution >= 4 is 33.3 Å². The standard InChI is InChI=1S/C20H15N3O2S/c1-25-15-9-6-14(7-10-15)18-12-26-20(22-18)23-19(24)17-11-8-13-4-2-3-5-16(13)21-17/h2-12H,1H3,(H,22,23,24). The third-order valence-electron chi connectivity index (χ3n) is 3.94. The maximum atomic E-state index is 12.5. The molecule has 26 heavy (non-hydrogen) atoms. The second-order valence-electron chi connectivity index (χ2n) is 5.61. The first-order valence-corrected chi connectivity index (χ1v) is 8.88. The maximum Gasteiger partial charge on any atom is 0.276 e. The molecule has 0 spiro atoms. The molecule has 0 radical (unpaired) electrons. The Hall–Kier alpha value is -3.25. The Balaban J connectivity index is 1.53. The SMILES string of the molecule is COc1ccc(-c2csc(NC(=O)c3ccc4ccccc4n3)n2)cc1. The molecule has 0 saturated carbocycles. The number of nitrogens with one attached hydrogen (secondary N) is 1. The number of fused-ring (bicyclic) bond motifs is 1. The molecule has 4 rings (SSSR count). The third-order valence-corrected chi connectivity index (χ3v) is 4.70. The molecule has 4 aromatic rings. The summed E-state index contributed by atoms with van der Waals surface area (Å²) in [5, 5.41) is 6.26. The Bertz CT molecular complexity index is 1070. The van der Waals surface area contributed by atoms with E-state index in [0.717, 1.165) is 27.9 Å². The molecule has 1 amide bonds. The maximum absolute atomic E-state index is 12.5. The number of nitrogens with zero attached hydrogens (tertiary/aromatic N) is 2. The Morgan fingerprint density at radius 3 is 2.62 bits per heavy atom. The number of pyridine rings is 1. The monoisotopic (exact) mass is 361 g/mol. The molecule has 128 valence electrons. The van der Waals surface area contributed by atoms with Gasteiger partial charge < -0.3 is 4.74 Å². The van der Waals surface area contributed by atoms with E-state index in [-0.39, 0.29) is 5.91 Å². The molecule has 0 atom stereocenters. The summed E-state index contributed by atoms with van der Waals surface area (Å²) in [4.78, 5) is 21.4. The summed E-state index contributed by atoms with van der Waals surface area (Å²) < 4.78 is 5.16. The van der Waals surface area contributed by atoms with Crippen molar-refractivity contribution < 1.29 is 9.53 Å². The molecular weight excluding hydrogens is 346 g/mol. The molecule has 0 saturated heterocycles. The van der Waals surface area contributed by atoms with Crippen LogP contribution in [-0.4, -0.2) is 23.0 Å². The third kappa shape index (κ3) is 3.27. The molecule has 5 nitrogen and oxygen atoms in total. The Labute approximate surface area is 154 Å². The number of anilines is 1. The van der Waals surface area contributed by atoms with E-state index in [4.69, 9.17) is 4.74 Å². The van der Waals surface area contributed by atoms with Crippen LogP contribution in [0.25, 0.3) is 22.2 Å². The number of hydrogen-bond donors (Lipinski definition) is 1. The average molecular weight is 361 g/mol. The van der Waals surface area contributed by atoms with Crippen molar-refractivity contribution in [3.05, 3.63) is 71.7 Å². The van der Waals surface area contributed by atoms with Crippen molar-refractivity contribution in [1.82, 2.24) is 9.97 Å². The molecule has 1 N–H and O–H groups in total. The highest BCUT2D eigenvalue weighted by Gasteiger charge is 2.12. The van der Waals surface area contributed by atoms with Crippen LogP contribution in [0.2, 0.25) is 0 Å². The number of carbonyl (C=O) groups is 1. The first-order chi connectivity index (χ1) is 12.7. The van der Waals surface area contributed by atoms with Crippen LogP contribution in [0.4, 0.5) is 5.13 Å². The number of ether oxygens (including phenoxy) is 1. The van der Waals surface area contributed by atoms with E-state index in [0.29, 0.717) is 10.8 Å². The Kier molecular flexibility index (Phi) is 4.33. The number of methoxy groups -OCH3 is 1. The van der Waals surface area contributed by atoms with Crippen molar-refractivity contribution in [3.8, 4) is 17.0 Å². The molecule has 6 heteroatoms. The number of amides is 1. The van der Waals surface area contributed by atoms with Crippen molar-refractivity contribution in [3.63, 3.8) is 0 Å². The van der Waals surface area contributed by atoms with Gasteiger partial charge in [0.2, 0.25) is 0 Å². The first kappa shape index (κ1) is 16.2. The normalized spacial score (nSPS) is 10.7. The lowest BCUT2D eigenvalue weighted by Crippen LogP contribution is -2.13. The summed E-state index contributed by atoms with van der Waals surface area (Å²) in [6.07, 6.45) is 0. The van der Waals surface area contributed by atoms with Crippen LogP contribution in [-0.2, 0) is 0 Å². The zero-order valence-corrected chi connectivity index (χ0v) is 14.8. The summed E-state index contributed by atoms with van der Waals surface area (Å²) in [5.41, 5.74) is 2.92. The molecule has 0 unspecified atom stereocenters. The highest BCUT2D eigenvalue weighted by atomic mass is 32.1. The number of benzene rings is 2. The van der Waals surface area contributed by atoms with Crippen LogP contribution in [0.5, 0.6) is 5.75 Å². The second-order valence-corrected chi connectivity index (χ2v) is 6.47. The van der Waals surface area contributed by atoms with Gasteiger partial charge in [-0.3, -0.25) is 10.1 Å². The number of hydrogen-bond acceptors (Lipinski definition) is 5. The quantitative estimate of drug-likeness (QED) is 0.576. The van der Waals surface area contributed by atoms with Gasteiger partial charge in [0.15, 0.2) is 5.13 Å². The minimum Gasteiger partial charge on any atom is -0.497 e. The van der Waals surface area contributed by atoms with Crippen molar-refractivity contribution in [2.24, 2.45) is 0 Å². The van der Waals surface area contributed by atoms with Gasteiger partial charge in [0.25, 0.3) is 5.91 Å². The minimum absolute atomic E-state index is 0.272. The molecular formula is C20H15N3O2S. The predicted octanol–water partition coefficient (Wildman–Crippen LogP) is 4.62. The summed E-state index contributed by atoms with van der Waals surface area (Å²) in [7, 11) is 1.63. The van der Waals surface area contributed by atoms with Gasteiger partial charge in [-0.2, -0.15) is 0 Å². The molecule has 2 aromatic heterocycles. The van der Waals surface area contributed by atoms with Gasteiger partial charge >= 0.3 is 0 Å². The van der Waals surface area contributed by atoms with Gasteiger partial charge in [-0.1, -0.05) is 24.3 Å². The van der Waals surface area contributed by atoms with Crippen molar-refractivity contribution in [2.45, 2.75) is 0 Å². The number of para-hydroxylation sites is 1. The van der Waals surface area contributed by atoms with Crippen molar-refractivity contribution in [2.75, 3.05) is 12.4 Å². The van der Waals surface area contributed by atoms with Crippen LogP contribution in [0.1, 0.15) is 10.5 Å². The topological polar surface area (TPSA) is 64.1 Å². The van der Waals surface area contributed by atoms with Gasteiger partial charge in [0.05, 0.1) is 18.3 Å². The molecule has 0 aliphatic heterocycles. The summed E-state index contributed by atoms with van der Waals surface area (Å²) in [5.74, 6) is 0.520.